The van der Waals surface area contributed by atoms with E-state index >= 15 is 0 Å². The van der Waals surface area contributed by atoms with E-state index in [0.717, 1.165) is 11.1 Å². The molecule has 0 spiro atoms. The summed E-state index contributed by atoms with van der Waals surface area (Å²) in [6, 6.07) is 7.67. The van der Waals surface area contributed by atoms with Crippen molar-refractivity contribution in [3.8, 4) is 0 Å². The van der Waals surface area contributed by atoms with Gasteiger partial charge in [-0.05, 0) is 24.0 Å². The number of hydrogen-bond donors (Lipinski definition) is 2. The molecule has 0 bridgehead atoms. The lowest BCUT2D eigenvalue weighted by molar-refractivity contribution is 0.112. The number of aliphatic hydroxyl groups excluding tert-OH is 2. The van der Waals surface area contributed by atoms with Gasteiger partial charge in [-0.3, -0.25) is 0 Å². The van der Waals surface area contributed by atoms with Gasteiger partial charge < -0.3 is 10.2 Å². The summed E-state index contributed by atoms with van der Waals surface area (Å²) in [5.41, 5.74) is 2.14. The molecule has 1 aliphatic carbocycles. The Morgan fingerprint density at radius 1 is 1.24 bits per heavy atom. The highest BCUT2D eigenvalue weighted by molar-refractivity contribution is 7.92. The van der Waals surface area contributed by atoms with Gasteiger partial charge in [0.2, 0.25) is 0 Å². The molecule has 1 unspecified atom stereocenters. The lowest BCUT2D eigenvalue weighted by Crippen LogP contribution is -2.32. The minimum Gasteiger partial charge on any atom is -0.394 e. The van der Waals surface area contributed by atoms with E-state index in [1.165, 1.54) is 0 Å². The van der Waals surface area contributed by atoms with E-state index in [2.05, 4.69) is 0 Å². The quantitative estimate of drug-likeness (QED) is 0.790. The zero-order valence-corrected chi connectivity index (χ0v) is 10.2. The lowest BCUT2D eigenvalue weighted by Gasteiger charge is -2.13. The van der Waals surface area contributed by atoms with Crippen LogP contribution in [0.5, 0.6) is 0 Å². The molecule has 0 aromatic heterocycles. The van der Waals surface area contributed by atoms with Gasteiger partial charge in [-0.2, -0.15) is 0 Å². The first-order chi connectivity index (χ1) is 8.03. The summed E-state index contributed by atoms with van der Waals surface area (Å²) in [5, 5.41) is 17.5. The van der Waals surface area contributed by atoms with Crippen LogP contribution in [0, 0.1) is 0 Å². The Bertz CT molecular complexity index is 470. The molecule has 1 aromatic rings. The monoisotopic (exact) mass is 256 g/mol. The van der Waals surface area contributed by atoms with Gasteiger partial charge in [0.15, 0.2) is 9.84 Å². The first-order valence-electron chi connectivity index (χ1n) is 5.60. The first-order valence-corrected chi connectivity index (χ1v) is 7.32. The van der Waals surface area contributed by atoms with Crippen LogP contribution in [0.15, 0.2) is 24.3 Å². The van der Waals surface area contributed by atoms with E-state index in [-0.39, 0.29) is 5.75 Å². The smallest absolute Gasteiger partial charge is 0.156 e. The standard InChI is InChI=1S/C12H16O4S/c13-7-11(14)8-17(15,16)12-5-9-3-1-2-4-10(9)6-12/h1-4,11-14H,5-8H2. The summed E-state index contributed by atoms with van der Waals surface area (Å²) in [7, 11) is -3.35. The molecule has 2 rings (SSSR count). The molecule has 0 radical (unpaired) electrons. The number of rotatable bonds is 4. The largest absolute Gasteiger partial charge is 0.394 e. The molecule has 5 heteroatoms. The Hall–Kier alpha value is -0.910. The molecule has 1 aliphatic rings. The second-order valence-corrected chi connectivity index (χ2v) is 6.79. The Kier molecular flexibility index (Phi) is 3.51. The average molecular weight is 256 g/mol. The summed E-state index contributed by atoms with van der Waals surface area (Å²) >= 11 is 0. The Labute approximate surface area is 101 Å². The maximum Gasteiger partial charge on any atom is 0.156 e. The van der Waals surface area contributed by atoms with E-state index in [9.17, 15) is 13.5 Å². The Balaban J connectivity index is 2.12. The molecule has 0 heterocycles. The van der Waals surface area contributed by atoms with Gasteiger partial charge in [0.25, 0.3) is 0 Å². The van der Waals surface area contributed by atoms with Crippen LogP contribution >= 0.6 is 0 Å². The number of benzene rings is 1. The van der Waals surface area contributed by atoms with E-state index in [1.54, 1.807) is 0 Å². The minimum atomic E-state index is -3.35. The number of hydrogen-bond acceptors (Lipinski definition) is 4. The predicted molar refractivity (Wildman–Crippen MR) is 64.5 cm³/mol. The van der Waals surface area contributed by atoms with Crippen molar-refractivity contribution in [2.24, 2.45) is 0 Å². The molecule has 0 amide bonds. The van der Waals surface area contributed by atoms with Crippen molar-refractivity contribution < 1.29 is 18.6 Å². The summed E-state index contributed by atoms with van der Waals surface area (Å²) < 4.78 is 24.0. The third-order valence-electron chi connectivity index (χ3n) is 3.16. The Morgan fingerprint density at radius 3 is 2.24 bits per heavy atom. The van der Waals surface area contributed by atoms with Crippen molar-refractivity contribution in [1.82, 2.24) is 0 Å². The van der Waals surface area contributed by atoms with Gasteiger partial charge in [-0.1, -0.05) is 24.3 Å². The molecule has 94 valence electrons. The van der Waals surface area contributed by atoms with Gasteiger partial charge in [-0.15, -0.1) is 0 Å². The van der Waals surface area contributed by atoms with Crippen molar-refractivity contribution in [1.29, 1.82) is 0 Å². The fraction of sp³-hybridized carbons (Fsp3) is 0.500. The fourth-order valence-electron chi connectivity index (χ4n) is 2.23. The molecule has 0 saturated carbocycles. The predicted octanol–water partition coefficient (Wildman–Crippen LogP) is -0.0782. The van der Waals surface area contributed by atoms with Crippen LogP contribution in [0.1, 0.15) is 11.1 Å². The van der Waals surface area contributed by atoms with Gasteiger partial charge in [0.05, 0.1) is 23.7 Å². The van der Waals surface area contributed by atoms with E-state index in [0.29, 0.717) is 12.8 Å². The highest BCUT2D eigenvalue weighted by atomic mass is 32.2. The zero-order chi connectivity index (χ0) is 12.5. The average Bonchev–Trinajstić information content (AvgIpc) is 2.72. The normalized spacial score (nSPS) is 18.0. The topological polar surface area (TPSA) is 74.6 Å². The molecular formula is C12H16O4S. The Morgan fingerprint density at radius 2 is 1.76 bits per heavy atom. The van der Waals surface area contributed by atoms with Crippen LogP contribution in [0.3, 0.4) is 0 Å². The fourth-order valence-corrected chi connectivity index (χ4v) is 4.01. The molecule has 4 nitrogen and oxygen atoms in total. The third-order valence-corrected chi connectivity index (χ3v) is 5.36. The van der Waals surface area contributed by atoms with Crippen molar-refractivity contribution in [2.75, 3.05) is 12.4 Å². The summed E-state index contributed by atoms with van der Waals surface area (Å²) in [5.74, 6) is -0.359. The maximum absolute atomic E-state index is 12.0. The maximum atomic E-state index is 12.0. The van der Waals surface area contributed by atoms with Crippen LogP contribution in [-0.4, -0.2) is 42.3 Å². The van der Waals surface area contributed by atoms with Crippen molar-refractivity contribution in [3.05, 3.63) is 35.4 Å². The number of sulfone groups is 1. The van der Waals surface area contributed by atoms with Crippen LogP contribution in [0.2, 0.25) is 0 Å². The first kappa shape index (κ1) is 12.5. The molecule has 1 aromatic carbocycles. The minimum absolute atomic E-state index is 0.359. The molecule has 0 fully saturated rings. The van der Waals surface area contributed by atoms with Crippen molar-refractivity contribution in [2.45, 2.75) is 24.2 Å². The van der Waals surface area contributed by atoms with Crippen LogP contribution in [0.4, 0.5) is 0 Å². The van der Waals surface area contributed by atoms with Crippen molar-refractivity contribution >= 4 is 9.84 Å². The second kappa shape index (κ2) is 4.76. The van der Waals surface area contributed by atoms with E-state index in [1.807, 2.05) is 24.3 Å². The molecular weight excluding hydrogens is 240 g/mol. The van der Waals surface area contributed by atoms with Crippen LogP contribution in [0.25, 0.3) is 0 Å². The van der Waals surface area contributed by atoms with Crippen molar-refractivity contribution in [3.63, 3.8) is 0 Å². The van der Waals surface area contributed by atoms with Gasteiger partial charge in [0, 0.05) is 0 Å². The van der Waals surface area contributed by atoms with Gasteiger partial charge >= 0.3 is 0 Å². The third kappa shape index (κ3) is 2.68. The van der Waals surface area contributed by atoms with E-state index in [4.69, 9.17) is 5.11 Å². The van der Waals surface area contributed by atoms with Crippen LogP contribution < -0.4 is 0 Å². The molecule has 17 heavy (non-hydrogen) atoms. The second-order valence-electron chi connectivity index (χ2n) is 4.46. The summed E-state index contributed by atoms with van der Waals surface area (Å²) in [6.07, 6.45) is -0.156. The lowest BCUT2D eigenvalue weighted by atomic mass is 10.1. The zero-order valence-electron chi connectivity index (χ0n) is 9.41. The van der Waals surface area contributed by atoms with Crippen LogP contribution in [-0.2, 0) is 22.7 Å². The summed E-state index contributed by atoms with van der Waals surface area (Å²) in [6.45, 7) is -0.515. The van der Waals surface area contributed by atoms with E-state index < -0.39 is 27.8 Å². The molecule has 0 aliphatic heterocycles. The van der Waals surface area contributed by atoms with Gasteiger partial charge in [-0.25, -0.2) is 8.42 Å². The van der Waals surface area contributed by atoms with Gasteiger partial charge in [0.1, 0.15) is 0 Å². The SMILES string of the molecule is O=S(=O)(CC(O)CO)C1Cc2ccccc2C1. The summed E-state index contributed by atoms with van der Waals surface area (Å²) in [4.78, 5) is 0. The highest BCUT2D eigenvalue weighted by Gasteiger charge is 2.33. The molecule has 1 atom stereocenters. The molecule has 0 saturated heterocycles. The highest BCUT2D eigenvalue weighted by Crippen LogP contribution is 2.26. The number of fused-ring (bicyclic) bond motifs is 1. The molecule has 2 N–H and O–H groups in total. The number of aliphatic hydroxyl groups is 2.